The number of carbonyl (C=O) groups is 1. The highest BCUT2D eigenvalue weighted by atomic mass is 19.4. The first kappa shape index (κ1) is 23.5. The molecule has 1 amide bonds. The summed E-state index contributed by atoms with van der Waals surface area (Å²) in [6.07, 6.45) is 2.51. The summed E-state index contributed by atoms with van der Waals surface area (Å²) in [5, 5.41) is 2.66. The number of likely N-dealkylation sites (tertiary alicyclic amines) is 1. The van der Waals surface area contributed by atoms with Crippen LogP contribution in [0.3, 0.4) is 0 Å². The molecule has 6 nitrogen and oxygen atoms in total. The van der Waals surface area contributed by atoms with Crippen LogP contribution in [0.4, 0.5) is 13.2 Å². The zero-order chi connectivity index (χ0) is 24.8. The number of carbonyl (C=O) groups excluding carboxylic acids is 1. The molecule has 4 heterocycles. The number of allylic oxidation sites excluding steroid dienone is 2. The van der Waals surface area contributed by atoms with Gasteiger partial charge in [0.2, 0.25) is 0 Å². The lowest BCUT2D eigenvalue weighted by Crippen LogP contribution is -2.52. The molecule has 2 aliphatic heterocycles. The van der Waals surface area contributed by atoms with Gasteiger partial charge in [-0.25, -0.2) is 0 Å². The van der Waals surface area contributed by atoms with Gasteiger partial charge in [0.05, 0.1) is 29.0 Å². The number of ether oxygens (including phenoxy) is 1. The number of nitrogens with zero attached hydrogens (tertiary/aromatic N) is 3. The fraction of sp³-hybridized carbons (Fsp3) is 0.423. The average Bonchev–Trinajstić information content (AvgIpc) is 3.41. The maximum absolute atomic E-state index is 13.9. The van der Waals surface area contributed by atoms with E-state index >= 15 is 0 Å². The summed E-state index contributed by atoms with van der Waals surface area (Å²) in [7, 11) is 0. The van der Waals surface area contributed by atoms with E-state index in [0.29, 0.717) is 29.4 Å². The van der Waals surface area contributed by atoms with Crippen LogP contribution in [0.15, 0.2) is 54.4 Å². The number of halogens is 3. The van der Waals surface area contributed by atoms with Crippen LogP contribution in [0.5, 0.6) is 0 Å². The molecule has 9 heteroatoms. The number of hydrogen-bond donors (Lipinski definition) is 1. The summed E-state index contributed by atoms with van der Waals surface area (Å²) in [5.74, 6) is 0.266. The van der Waals surface area contributed by atoms with Crippen molar-refractivity contribution in [2.75, 3.05) is 13.2 Å². The van der Waals surface area contributed by atoms with Crippen LogP contribution in [-0.2, 0) is 4.74 Å². The van der Waals surface area contributed by atoms with Crippen molar-refractivity contribution in [1.82, 2.24) is 20.2 Å². The summed E-state index contributed by atoms with van der Waals surface area (Å²) in [6, 6.07) is 7.43. The second-order valence-corrected chi connectivity index (χ2v) is 9.62. The maximum atomic E-state index is 13.9. The third-order valence-corrected chi connectivity index (χ3v) is 7.16. The second kappa shape index (κ2) is 8.78. The minimum atomic E-state index is -4.41. The van der Waals surface area contributed by atoms with Gasteiger partial charge in [0.25, 0.3) is 5.91 Å². The molecule has 2 fully saturated rings. The van der Waals surface area contributed by atoms with Crippen LogP contribution >= 0.6 is 0 Å². The number of pyridine rings is 2. The summed E-state index contributed by atoms with van der Waals surface area (Å²) in [4.78, 5) is 24.9. The Bertz CT molecular complexity index is 1210. The topological polar surface area (TPSA) is 67.3 Å². The highest BCUT2D eigenvalue weighted by Gasteiger charge is 2.53. The molecule has 1 saturated heterocycles. The Morgan fingerprint density at radius 3 is 2.77 bits per heavy atom. The van der Waals surface area contributed by atoms with Gasteiger partial charge in [0.1, 0.15) is 11.9 Å². The summed E-state index contributed by atoms with van der Waals surface area (Å²) >= 11 is 0. The number of alkyl halides is 3. The van der Waals surface area contributed by atoms with Crippen molar-refractivity contribution in [2.24, 2.45) is 5.92 Å². The maximum Gasteiger partial charge on any atom is 0.417 e. The SMILES string of the molecule is Cc1ccc(C(=O)N2CC3CCC2(COC2C=CC(C(F)(F)F)=CN2)C3)c(-c2ncccc2C)n1. The molecule has 3 aliphatic rings. The first-order valence-corrected chi connectivity index (χ1v) is 11.7. The highest BCUT2D eigenvalue weighted by Crippen LogP contribution is 2.47. The first-order chi connectivity index (χ1) is 16.7. The van der Waals surface area contributed by atoms with Crippen LogP contribution in [0.25, 0.3) is 11.4 Å². The molecule has 1 aliphatic carbocycles. The van der Waals surface area contributed by atoms with Gasteiger partial charge in [0.15, 0.2) is 0 Å². The zero-order valence-electron chi connectivity index (χ0n) is 19.6. The van der Waals surface area contributed by atoms with E-state index in [2.05, 4.69) is 15.3 Å². The van der Waals surface area contributed by atoms with E-state index < -0.39 is 23.5 Å². The van der Waals surface area contributed by atoms with Gasteiger partial charge in [-0.05, 0) is 74.9 Å². The predicted molar refractivity (Wildman–Crippen MR) is 124 cm³/mol. The molecule has 5 rings (SSSR count). The molecule has 1 N–H and O–H groups in total. The van der Waals surface area contributed by atoms with Crippen molar-refractivity contribution in [3.8, 4) is 11.4 Å². The Morgan fingerprint density at radius 2 is 2.09 bits per heavy atom. The number of aryl methyl sites for hydroxylation is 2. The van der Waals surface area contributed by atoms with Crippen molar-refractivity contribution >= 4 is 5.91 Å². The smallest absolute Gasteiger partial charge is 0.362 e. The minimum Gasteiger partial charge on any atom is -0.362 e. The number of rotatable bonds is 5. The molecule has 0 spiro atoms. The van der Waals surface area contributed by atoms with Gasteiger partial charge < -0.3 is 15.0 Å². The third-order valence-electron chi connectivity index (χ3n) is 7.16. The van der Waals surface area contributed by atoms with Crippen molar-refractivity contribution < 1.29 is 22.7 Å². The molecule has 2 bridgehead atoms. The largest absolute Gasteiger partial charge is 0.417 e. The summed E-state index contributed by atoms with van der Waals surface area (Å²) < 4.78 is 44.6. The molecule has 1 saturated carbocycles. The van der Waals surface area contributed by atoms with Crippen LogP contribution in [0.2, 0.25) is 0 Å². The number of hydrogen-bond acceptors (Lipinski definition) is 5. The molecule has 3 unspecified atom stereocenters. The lowest BCUT2D eigenvalue weighted by atomic mass is 9.96. The van der Waals surface area contributed by atoms with Crippen LogP contribution in [-0.4, -0.2) is 51.9 Å². The number of piperidine rings is 1. The van der Waals surface area contributed by atoms with E-state index in [1.807, 2.05) is 43.0 Å². The number of dihydropyridines is 1. The standard InChI is InChI=1S/C26H27F3N4O2/c1-16-4-3-11-30-22(16)23-20(7-5-17(2)32-23)24(34)33-14-18-9-10-25(33,12-18)15-35-21-8-6-19(13-31-21)26(27,28)29/h3-8,11,13,18,21,31H,9-10,12,14-15H2,1-2H3. The van der Waals surface area contributed by atoms with Crippen LogP contribution < -0.4 is 5.32 Å². The number of fused-ring (bicyclic) bond motifs is 2. The molecule has 2 aromatic heterocycles. The summed E-state index contributed by atoms with van der Waals surface area (Å²) in [5.41, 5.74) is 2.22. The van der Waals surface area contributed by atoms with Crippen molar-refractivity contribution in [1.29, 1.82) is 0 Å². The summed E-state index contributed by atoms with van der Waals surface area (Å²) in [6.45, 7) is 4.69. The monoisotopic (exact) mass is 484 g/mol. The molecule has 0 radical (unpaired) electrons. The Labute approximate surface area is 201 Å². The van der Waals surface area contributed by atoms with Crippen LogP contribution in [0, 0.1) is 19.8 Å². The molecule has 2 aromatic rings. The molecular formula is C26H27F3N4O2. The molecule has 0 aromatic carbocycles. The van der Waals surface area contributed by atoms with Crippen molar-refractivity contribution in [3.05, 3.63) is 71.2 Å². The van der Waals surface area contributed by atoms with E-state index in [-0.39, 0.29) is 12.5 Å². The quantitative estimate of drug-likeness (QED) is 0.666. The number of aromatic nitrogens is 2. The molecule has 184 valence electrons. The average molecular weight is 485 g/mol. The normalized spacial score (nSPS) is 25.5. The lowest BCUT2D eigenvalue weighted by Gasteiger charge is -2.39. The van der Waals surface area contributed by atoms with Gasteiger partial charge in [0, 0.05) is 24.6 Å². The van der Waals surface area contributed by atoms with E-state index in [1.165, 1.54) is 6.08 Å². The van der Waals surface area contributed by atoms with Gasteiger partial charge in [-0.2, -0.15) is 13.2 Å². The fourth-order valence-electron chi connectivity index (χ4n) is 5.35. The van der Waals surface area contributed by atoms with Gasteiger partial charge in [-0.3, -0.25) is 14.8 Å². The van der Waals surface area contributed by atoms with E-state index in [0.717, 1.165) is 42.8 Å². The molecule has 35 heavy (non-hydrogen) atoms. The van der Waals surface area contributed by atoms with E-state index in [4.69, 9.17) is 4.74 Å². The Kier molecular flexibility index (Phi) is 5.91. The third kappa shape index (κ3) is 4.45. The number of nitrogens with one attached hydrogen (secondary N) is 1. The second-order valence-electron chi connectivity index (χ2n) is 9.62. The molecule has 3 atom stereocenters. The van der Waals surface area contributed by atoms with Gasteiger partial charge in [-0.1, -0.05) is 6.07 Å². The Hall–Kier alpha value is -3.20. The van der Waals surface area contributed by atoms with E-state index in [1.54, 1.807) is 6.20 Å². The Morgan fingerprint density at radius 1 is 1.26 bits per heavy atom. The van der Waals surface area contributed by atoms with Gasteiger partial charge in [-0.15, -0.1) is 0 Å². The highest BCUT2D eigenvalue weighted by molar-refractivity contribution is 6.00. The zero-order valence-corrected chi connectivity index (χ0v) is 19.6. The number of amides is 1. The van der Waals surface area contributed by atoms with Crippen molar-refractivity contribution in [3.63, 3.8) is 0 Å². The Balaban J connectivity index is 1.37. The lowest BCUT2D eigenvalue weighted by molar-refractivity contribution is -0.0897. The predicted octanol–water partition coefficient (Wildman–Crippen LogP) is 4.70. The van der Waals surface area contributed by atoms with Crippen molar-refractivity contribution in [2.45, 2.75) is 51.1 Å². The minimum absolute atomic E-state index is 0.116. The van der Waals surface area contributed by atoms with E-state index in [9.17, 15) is 18.0 Å². The van der Waals surface area contributed by atoms with Gasteiger partial charge >= 0.3 is 6.18 Å². The molecular weight excluding hydrogens is 457 g/mol. The first-order valence-electron chi connectivity index (χ1n) is 11.7. The van der Waals surface area contributed by atoms with Crippen LogP contribution in [0.1, 0.15) is 40.9 Å². The fourth-order valence-corrected chi connectivity index (χ4v) is 5.35.